The van der Waals surface area contributed by atoms with Crippen LogP contribution in [0.4, 0.5) is 4.39 Å². The molecular formula is C13H10ClFN2O4. The molecule has 0 aliphatic carbocycles. The van der Waals surface area contributed by atoms with Crippen LogP contribution in [0.25, 0.3) is 0 Å². The Labute approximate surface area is 123 Å². The van der Waals surface area contributed by atoms with Gasteiger partial charge >= 0.3 is 5.97 Å². The molecule has 8 heteroatoms. The zero-order valence-electron chi connectivity index (χ0n) is 10.5. The highest BCUT2D eigenvalue weighted by Crippen LogP contribution is 2.22. The molecule has 2 rings (SSSR count). The van der Waals surface area contributed by atoms with Crippen molar-refractivity contribution < 1.29 is 23.6 Å². The number of benzene rings is 1. The maximum atomic E-state index is 13.5. The molecule has 21 heavy (non-hydrogen) atoms. The predicted molar refractivity (Wildman–Crippen MR) is 70.4 cm³/mol. The van der Waals surface area contributed by atoms with E-state index in [4.69, 9.17) is 16.7 Å². The SMILES string of the molecule is O=C(O)C[C@H](NC(=O)c1ccon1)c1ccc(Cl)c(F)c1. The van der Waals surface area contributed by atoms with E-state index in [0.29, 0.717) is 0 Å². The molecule has 0 saturated heterocycles. The summed E-state index contributed by atoms with van der Waals surface area (Å²) in [5.74, 6) is -2.46. The smallest absolute Gasteiger partial charge is 0.305 e. The quantitative estimate of drug-likeness (QED) is 0.884. The largest absolute Gasteiger partial charge is 0.481 e. The van der Waals surface area contributed by atoms with E-state index >= 15 is 0 Å². The van der Waals surface area contributed by atoms with E-state index in [1.54, 1.807) is 0 Å². The Hall–Kier alpha value is -2.41. The lowest BCUT2D eigenvalue weighted by Crippen LogP contribution is -2.30. The number of amides is 1. The second-order valence-corrected chi connectivity index (χ2v) is 4.59. The number of carbonyl (C=O) groups is 2. The van der Waals surface area contributed by atoms with Crippen molar-refractivity contribution in [3.05, 3.63) is 52.6 Å². The van der Waals surface area contributed by atoms with Gasteiger partial charge < -0.3 is 14.9 Å². The molecule has 0 aliphatic rings. The second-order valence-electron chi connectivity index (χ2n) is 4.18. The van der Waals surface area contributed by atoms with Gasteiger partial charge in [-0.15, -0.1) is 0 Å². The van der Waals surface area contributed by atoms with Crippen molar-refractivity contribution in [3.63, 3.8) is 0 Å². The lowest BCUT2D eigenvalue weighted by atomic mass is 10.0. The zero-order chi connectivity index (χ0) is 15.4. The summed E-state index contributed by atoms with van der Waals surface area (Å²) in [5, 5.41) is 14.7. The highest BCUT2D eigenvalue weighted by atomic mass is 35.5. The van der Waals surface area contributed by atoms with Gasteiger partial charge in [-0.2, -0.15) is 0 Å². The van der Waals surface area contributed by atoms with Crippen LogP contribution in [0.5, 0.6) is 0 Å². The van der Waals surface area contributed by atoms with E-state index in [-0.39, 0.29) is 16.3 Å². The summed E-state index contributed by atoms with van der Waals surface area (Å²) in [6, 6.07) is 4.23. The van der Waals surface area contributed by atoms with Gasteiger partial charge in [-0.1, -0.05) is 22.8 Å². The fraction of sp³-hybridized carbons (Fsp3) is 0.154. The summed E-state index contributed by atoms with van der Waals surface area (Å²) >= 11 is 5.58. The minimum atomic E-state index is -1.14. The maximum Gasteiger partial charge on any atom is 0.305 e. The van der Waals surface area contributed by atoms with Gasteiger partial charge in [0.15, 0.2) is 5.69 Å². The number of nitrogens with one attached hydrogen (secondary N) is 1. The van der Waals surface area contributed by atoms with Gasteiger partial charge in [-0.05, 0) is 17.7 Å². The third-order valence-corrected chi connectivity index (χ3v) is 3.01. The molecule has 0 spiro atoms. The standard InChI is InChI=1S/C13H10ClFN2O4/c14-8-2-1-7(5-9(8)15)11(6-12(18)19)16-13(20)10-3-4-21-17-10/h1-5,11H,6H2,(H,16,20)(H,18,19)/t11-/m0/s1. The van der Waals surface area contributed by atoms with E-state index < -0.39 is 30.2 Å². The third-order valence-electron chi connectivity index (χ3n) is 2.70. The molecule has 0 aliphatic heterocycles. The minimum absolute atomic E-state index is 0.000163. The minimum Gasteiger partial charge on any atom is -0.481 e. The normalized spacial score (nSPS) is 11.9. The molecule has 6 nitrogen and oxygen atoms in total. The van der Waals surface area contributed by atoms with E-state index in [9.17, 15) is 14.0 Å². The topological polar surface area (TPSA) is 92.4 Å². The predicted octanol–water partition coefficient (Wildman–Crippen LogP) is 2.41. The lowest BCUT2D eigenvalue weighted by molar-refractivity contribution is -0.137. The van der Waals surface area contributed by atoms with Crippen molar-refractivity contribution in [2.45, 2.75) is 12.5 Å². The van der Waals surface area contributed by atoms with Crippen LogP contribution in [0.2, 0.25) is 5.02 Å². The summed E-state index contributed by atoms with van der Waals surface area (Å²) in [5.41, 5.74) is 0.288. The number of aromatic nitrogens is 1. The first-order valence-electron chi connectivity index (χ1n) is 5.85. The molecule has 1 aromatic heterocycles. The summed E-state index contributed by atoms with van der Waals surface area (Å²) < 4.78 is 18.0. The third kappa shape index (κ3) is 3.79. The van der Waals surface area contributed by atoms with E-state index in [1.165, 1.54) is 24.5 Å². The van der Waals surface area contributed by atoms with Gasteiger partial charge in [-0.25, -0.2) is 4.39 Å². The summed E-state index contributed by atoms with van der Waals surface area (Å²) in [7, 11) is 0. The molecule has 0 fully saturated rings. The average molecular weight is 313 g/mol. The Balaban J connectivity index is 2.23. The molecule has 110 valence electrons. The molecule has 0 saturated carbocycles. The number of carboxylic acids is 1. The molecule has 1 heterocycles. The number of hydrogen-bond donors (Lipinski definition) is 2. The summed E-state index contributed by atoms with van der Waals surface area (Å²) in [6.45, 7) is 0. The number of aliphatic carboxylic acids is 1. The molecule has 0 bridgehead atoms. The van der Waals surface area contributed by atoms with Gasteiger partial charge in [0.05, 0.1) is 17.5 Å². The number of carboxylic acid groups (broad SMARTS) is 1. The monoisotopic (exact) mass is 312 g/mol. The highest BCUT2D eigenvalue weighted by Gasteiger charge is 2.21. The van der Waals surface area contributed by atoms with Crippen molar-refractivity contribution in [1.82, 2.24) is 10.5 Å². The number of carbonyl (C=O) groups excluding carboxylic acids is 1. The van der Waals surface area contributed by atoms with Crippen LogP contribution in [0, 0.1) is 5.82 Å². The summed E-state index contributed by atoms with van der Waals surface area (Å²) in [6.07, 6.45) is 0.799. The van der Waals surface area contributed by atoms with Crippen molar-refractivity contribution in [2.24, 2.45) is 0 Å². The van der Waals surface area contributed by atoms with Gasteiger partial charge in [0.2, 0.25) is 0 Å². The molecule has 0 unspecified atom stereocenters. The molecule has 1 atom stereocenters. The Bertz CT molecular complexity index is 660. The van der Waals surface area contributed by atoms with Gasteiger partial charge in [-0.3, -0.25) is 9.59 Å². The molecule has 2 aromatic rings. The molecule has 1 amide bonds. The van der Waals surface area contributed by atoms with E-state index in [1.807, 2.05) is 0 Å². The van der Waals surface area contributed by atoms with E-state index in [2.05, 4.69) is 15.0 Å². The van der Waals surface area contributed by atoms with Gasteiger partial charge in [0, 0.05) is 6.07 Å². The van der Waals surface area contributed by atoms with Crippen LogP contribution >= 0.6 is 11.6 Å². The first-order valence-corrected chi connectivity index (χ1v) is 6.23. The van der Waals surface area contributed by atoms with E-state index in [0.717, 1.165) is 6.07 Å². The van der Waals surface area contributed by atoms with Crippen molar-refractivity contribution in [2.75, 3.05) is 0 Å². The van der Waals surface area contributed by atoms with Gasteiger partial charge in [0.25, 0.3) is 5.91 Å². The molecule has 1 aromatic carbocycles. The Morgan fingerprint density at radius 1 is 1.43 bits per heavy atom. The van der Waals surface area contributed by atoms with Crippen LogP contribution in [0.1, 0.15) is 28.5 Å². The van der Waals surface area contributed by atoms with Crippen LogP contribution in [0.3, 0.4) is 0 Å². The fourth-order valence-corrected chi connectivity index (χ4v) is 1.84. The van der Waals surface area contributed by atoms with Crippen LogP contribution in [-0.4, -0.2) is 22.1 Å². The Morgan fingerprint density at radius 2 is 2.19 bits per heavy atom. The van der Waals surface area contributed by atoms with Gasteiger partial charge in [0.1, 0.15) is 12.1 Å². The van der Waals surface area contributed by atoms with Crippen molar-refractivity contribution in [1.29, 1.82) is 0 Å². The van der Waals surface area contributed by atoms with Crippen molar-refractivity contribution >= 4 is 23.5 Å². The molecule has 0 radical (unpaired) electrons. The fourth-order valence-electron chi connectivity index (χ4n) is 1.72. The average Bonchev–Trinajstić information content (AvgIpc) is 2.94. The lowest BCUT2D eigenvalue weighted by Gasteiger charge is -2.17. The Morgan fingerprint density at radius 3 is 2.76 bits per heavy atom. The Kier molecular flexibility index (Phi) is 4.54. The second kappa shape index (κ2) is 6.36. The first kappa shape index (κ1) is 15.0. The van der Waals surface area contributed by atoms with Crippen LogP contribution in [-0.2, 0) is 4.79 Å². The molecule has 2 N–H and O–H groups in total. The summed E-state index contributed by atoms with van der Waals surface area (Å²) in [4.78, 5) is 22.8. The number of halogens is 2. The highest BCUT2D eigenvalue weighted by molar-refractivity contribution is 6.30. The number of nitrogens with zero attached hydrogens (tertiary/aromatic N) is 1. The first-order chi connectivity index (χ1) is 9.97. The zero-order valence-corrected chi connectivity index (χ0v) is 11.3. The van der Waals surface area contributed by atoms with Crippen LogP contribution in [0.15, 0.2) is 35.1 Å². The number of hydrogen-bond acceptors (Lipinski definition) is 4. The molecular weight excluding hydrogens is 303 g/mol. The number of rotatable bonds is 5. The van der Waals surface area contributed by atoms with Crippen LogP contribution < -0.4 is 5.32 Å². The maximum absolute atomic E-state index is 13.5. The van der Waals surface area contributed by atoms with Crippen molar-refractivity contribution in [3.8, 4) is 0 Å².